The van der Waals surface area contributed by atoms with Crippen LogP contribution in [0.3, 0.4) is 0 Å². The Labute approximate surface area is 188 Å². The van der Waals surface area contributed by atoms with Gasteiger partial charge < -0.3 is 14.2 Å². The molecule has 5 atom stereocenters. The van der Waals surface area contributed by atoms with Gasteiger partial charge >= 0.3 is 17.9 Å². The van der Waals surface area contributed by atoms with E-state index < -0.39 is 47.6 Å². The van der Waals surface area contributed by atoms with Crippen molar-refractivity contribution in [3.05, 3.63) is 46.1 Å². The van der Waals surface area contributed by atoms with E-state index in [1.54, 1.807) is 45.9 Å². The van der Waals surface area contributed by atoms with Crippen molar-refractivity contribution in [1.29, 1.82) is 0 Å². The molecular weight excluding hydrogens is 412 g/mol. The Morgan fingerprint density at radius 2 is 1.69 bits per heavy atom. The zero-order valence-electron chi connectivity index (χ0n) is 19.6. The SMILES string of the molecule is C/C=C(\C)C(=O)O[C@H]1CC(C)=C2C(=O)C=C(C)[C@@H]2[C@H]2OC(=O)[C@](C)(OC(=O)/C(C)=C/C)[C@@H]21. The molecule has 1 heterocycles. The molecule has 0 amide bonds. The standard InChI is InChI=1S/C25H30O7/c1-8-12(3)22(27)30-17-11-15(6)18-16(26)10-14(5)19(18)21-20(17)25(7,24(29)31-21)32-23(28)13(4)9-2/h8-10,17,19-21H,11H2,1-7H3/b12-8+,13-9+/t17-,19-,20+,21+,25+/m0/s1. The van der Waals surface area contributed by atoms with Crippen LogP contribution in [0.15, 0.2) is 46.1 Å². The van der Waals surface area contributed by atoms with E-state index in [0.717, 1.165) is 11.1 Å². The van der Waals surface area contributed by atoms with Crippen molar-refractivity contribution in [3.8, 4) is 0 Å². The highest BCUT2D eigenvalue weighted by molar-refractivity contribution is 6.09. The molecule has 1 saturated heterocycles. The molecule has 0 aromatic carbocycles. The Bertz CT molecular complexity index is 1010. The van der Waals surface area contributed by atoms with Crippen LogP contribution in [0.4, 0.5) is 0 Å². The Kier molecular flexibility index (Phi) is 6.31. The van der Waals surface area contributed by atoms with Gasteiger partial charge in [0.05, 0.1) is 5.92 Å². The second-order valence-corrected chi connectivity index (χ2v) is 8.91. The molecule has 0 spiro atoms. The maximum atomic E-state index is 13.1. The van der Waals surface area contributed by atoms with Crippen molar-refractivity contribution in [2.75, 3.05) is 0 Å². The first-order valence-corrected chi connectivity index (χ1v) is 10.8. The van der Waals surface area contributed by atoms with Gasteiger partial charge in [0.2, 0.25) is 5.60 Å². The topological polar surface area (TPSA) is 96.0 Å². The number of carbonyl (C=O) groups excluding carboxylic acids is 4. The third-order valence-electron chi connectivity index (χ3n) is 6.83. The molecule has 7 heteroatoms. The Balaban J connectivity index is 2.12. The minimum atomic E-state index is -1.68. The molecule has 172 valence electrons. The number of hydrogen-bond donors (Lipinski definition) is 0. The number of hydrogen-bond acceptors (Lipinski definition) is 7. The zero-order valence-corrected chi connectivity index (χ0v) is 19.6. The van der Waals surface area contributed by atoms with Gasteiger partial charge in [0.1, 0.15) is 12.2 Å². The van der Waals surface area contributed by atoms with E-state index in [-0.39, 0.29) is 12.2 Å². The molecule has 3 rings (SSSR count). The lowest BCUT2D eigenvalue weighted by Crippen LogP contribution is -2.50. The smallest absolute Gasteiger partial charge is 0.351 e. The molecule has 0 N–H and O–H groups in total. The number of allylic oxidation sites excluding steroid dienone is 3. The monoisotopic (exact) mass is 442 g/mol. The third kappa shape index (κ3) is 3.74. The largest absolute Gasteiger partial charge is 0.458 e. The first kappa shape index (κ1) is 23.7. The Hall–Kier alpha value is -2.96. The summed E-state index contributed by atoms with van der Waals surface area (Å²) >= 11 is 0. The lowest BCUT2D eigenvalue weighted by atomic mass is 9.77. The van der Waals surface area contributed by atoms with Gasteiger partial charge in [-0.15, -0.1) is 0 Å². The fraction of sp³-hybridized carbons (Fsp3) is 0.520. The van der Waals surface area contributed by atoms with E-state index in [2.05, 4.69) is 0 Å². The molecule has 2 aliphatic carbocycles. The summed E-state index contributed by atoms with van der Waals surface area (Å²) in [6, 6.07) is 0. The summed E-state index contributed by atoms with van der Waals surface area (Å²) in [6.07, 6.45) is 3.39. The van der Waals surface area contributed by atoms with Crippen LogP contribution >= 0.6 is 0 Å². The van der Waals surface area contributed by atoms with Crippen LogP contribution in [0.25, 0.3) is 0 Å². The van der Waals surface area contributed by atoms with Crippen LogP contribution < -0.4 is 0 Å². The summed E-state index contributed by atoms with van der Waals surface area (Å²) in [7, 11) is 0. The quantitative estimate of drug-likeness (QED) is 0.373. The van der Waals surface area contributed by atoms with Crippen LogP contribution in [-0.4, -0.2) is 41.5 Å². The maximum absolute atomic E-state index is 13.1. The summed E-state index contributed by atoms with van der Waals surface area (Å²) in [6.45, 7) is 11.8. The van der Waals surface area contributed by atoms with Crippen LogP contribution in [0.5, 0.6) is 0 Å². The lowest BCUT2D eigenvalue weighted by Gasteiger charge is -2.34. The number of esters is 3. The number of ketones is 1. The van der Waals surface area contributed by atoms with E-state index in [0.29, 0.717) is 16.7 Å². The highest BCUT2D eigenvalue weighted by Crippen LogP contribution is 2.51. The molecule has 0 aromatic rings. The van der Waals surface area contributed by atoms with E-state index in [1.807, 2.05) is 13.8 Å². The van der Waals surface area contributed by atoms with Crippen molar-refractivity contribution in [3.63, 3.8) is 0 Å². The van der Waals surface area contributed by atoms with E-state index in [4.69, 9.17) is 14.2 Å². The molecule has 0 aromatic heterocycles. The second kappa shape index (κ2) is 8.52. The minimum absolute atomic E-state index is 0.133. The molecule has 1 fully saturated rings. The van der Waals surface area contributed by atoms with Crippen molar-refractivity contribution in [2.24, 2.45) is 11.8 Å². The highest BCUT2D eigenvalue weighted by atomic mass is 16.6. The third-order valence-corrected chi connectivity index (χ3v) is 6.83. The van der Waals surface area contributed by atoms with Gasteiger partial charge in [0, 0.05) is 29.1 Å². The van der Waals surface area contributed by atoms with Crippen molar-refractivity contribution in [1.82, 2.24) is 0 Å². The Morgan fingerprint density at radius 1 is 1.09 bits per heavy atom. The predicted molar refractivity (Wildman–Crippen MR) is 116 cm³/mol. The fourth-order valence-corrected chi connectivity index (χ4v) is 4.76. The van der Waals surface area contributed by atoms with E-state index >= 15 is 0 Å². The number of carbonyl (C=O) groups is 4. The minimum Gasteiger partial charge on any atom is -0.458 e. The lowest BCUT2D eigenvalue weighted by molar-refractivity contribution is -0.175. The van der Waals surface area contributed by atoms with Gasteiger partial charge in [-0.25, -0.2) is 14.4 Å². The average Bonchev–Trinajstić information content (AvgIpc) is 3.12. The Morgan fingerprint density at radius 3 is 2.28 bits per heavy atom. The summed E-state index contributed by atoms with van der Waals surface area (Å²) in [5.41, 5.74) is 1.18. The first-order chi connectivity index (χ1) is 15.0. The van der Waals surface area contributed by atoms with Crippen LogP contribution in [0.1, 0.15) is 54.9 Å². The summed E-state index contributed by atoms with van der Waals surface area (Å²) in [4.78, 5) is 51.1. The summed E-state index contributed by atoms with van der Waals surface area (Å²) in [5.74, 6) is -3.27. The van der Waals surface area contributed by atoms with Crippen molar-refractivity contribution >= 4 is 23.7 Å². The molecule has 3 aliphatic rings. The molecule has 32 heavy (non-hydrogen) atoms. The van der Waals surface area contributed by atoms with E-state index in [9.17, 15) is 19.2 Å². The fourth-order valence-electron chi connectivity index (χ4n) is 4.76. The van der Waals surface area contributed by atoms with Gasteiger partial charge in [-0.2, -0.15) is 0 Å². The van der Waals surface area contributed by atoms with Gasteiger partial charge in [0.25, 0.3) is 0 Å². The highest BCUT2D eigenvalue weighted by Gasteiger charge is 2.65. The van der Waals surface area contributed by atoms with Crippen molar-refractivity contribution < 1.29 is 33.4 Å². The normalized spacial score (nSPS) is 32.7. The molecular formula is C25H30O7. The molecule has 7 nitrogen and oxygen atoms in total. The van der Waals surface area contributed by atoms with Crippen LogP contribution in [0, 0.1) is 11.8 Å². The molecule has 0 radical (unpaired) electrons. The molecule has 0 bridgehead atoms. The zero-order chi connectivity index (χ0) is 24.0. The number of fused-ring (bicyclic) bond motifs is 3. The molecule has 1 aliphatic heterocycles. The van der Waals surface area contributed by atoms with E-state index in [1.165, 1.54) is 6.92 Å². The number of ether oxygens (including phenoxy) is 3. The summed E-state index contributed by atoms with van der Waals surface area (Å²) in [5, 5.41) is 0. The van der Waals surface area contributed by atoms with Crippen molar-refractivity contribution in [2.45, 2.75) is 72.7 Å². The van der Waals surface area contributed by atoms with Crippen LogP contribution in [-0.2, 0) is 33.4 Å². The maximum Gasteiger partial charge on any atom is 0.351 e. The van der Waals surface area contributed by atoms with Gasteiger partial charge in [-0.1, -0.05) is 23.3 Å². The second-order valence-electron chi connectivity index (χ2n) is 8.91. The first-order valence-electron chi connectivity index (χ1n) is 10.8. The summed E-state index contributed by atoms with van der Waals surface area (Å²) < 4.78 is 17.4. The van der Waals surface area contributed by atoms with Gasteiger partial charge in [-0.3, -0.25) is 4.79 Å². The van der Waals surface area contributed by atoms with Gasteiger partial charge in [-0.05, 0) is 54.5 Å². The molecule has 0 unspecified atom stereocenters. The van der Waals surface area contributed by atoms with Gasteiger partial charge in [0.15, 0.2) is 5.78 Å². The van der Waals surface area contributed by atoms with Crippen LogP contribution in [0.2, 0.25) is 0 Å². The predicted octanol–water partition coefficient (Wildman–Crippen LogP) is 3.54. The molecule has 0 saturated carbocycles. The average molecular weight is 443 g/mol. The number of rotatable bonds is 4.